The van der Waals surface area contributed by atoms with Crippen LogP contribution in [-0.2, 0) is 6.54 Å². The average Bonchev–Trinajstić information content (AvgIpc) is 3.23. The van der Waals surface area contributed by atoms with E-state index in [4.69, 9.17) is 14.5 Å². The first-order valence-electron chi connectivity index (χ1n) is 9.91. The minimum absolute atomic E-state index is 0.702. The second-order valence-corrected chi connectivity index (χ2v) is 7.27. The fraction of sp³-hybridized carbons (Fsp3) is 0.115. The third-order valence-electron chi connectivity index (χ3n) is 5.50. The van der Waals surface area contributed by atoms with Gasteiger partial charge in [0.25, 0.3) is 0 Å². The molecule has 5 rings (SSSR count). The lowest BCUT2D eigenvalue weighted by Crippen LogP contribution is -2.05. The maximum atomic E-state index is 5.58. The molecule has 0 atom stereocenters. The predicted octanol–water partition coefficient (Wildman–Crippen LogP) is 5.87. The number of aromatic nitrogens is 2. The first-order chi connectivity index (χ1) is 14.8. The van der Waals surface area contributed by atoms with Crippen LogP contribution in [0.2, 0.25) is 0 Å². The van der Waals surface area contributed by atoms with E-state index < -0.39 is 0 Å². The van der Waals surface area contributed by atoms with Crippen LogP contribution in [0, 0.1) is 0 Å². The van der Waals surface area contributed by atoms with Crippen LogP contribution in [0.4, 0.5) is 0 Å². The lowest BCUT2D eigenvalue weighted by atomic mass is 9.99. The van der Waals surface area contributed by atoms with Crippen LogP contribution in [0.15, 0.2) is 85.2 Å². The van der Waals surface area contributed by atoms with Crippen molar-refractivity contribution in [3.05, 3.63) is 90.8 Å². The molecule has 148 valence electrons. The molecular weight excluding hydrogens is 372 g/mol. The summed E-state index contributed by atoms with van der Waals surface area (Å²) >= 11 is 0. The van der Waals surface area contributed by atoms with Gasteiger partial charge in [-0.05, 0) is 17.2 Å². The summed E-state index contributed by atoms with van der Waals surface area (Å²) in [6.07, 6.45) is 4.16. The van der Waals surface area contributed by atoms with E-state index in [9.17, 15) is 0 Å². The lowest BCUT2D eigenvalue weighted by Gasteiger charge is -2.18. The summed E-state index contributed by atoms with van der Waals surface area (Å²) in [5.74, 6) is 1.41. The van der Waals surface area contributed by atoms with Crippen molar-refractivity contribution >= 4 is 10.9 Å². The molecule has 0 bridgehead atoms. The topological polar surface area (TPSA) is 36.3 Å². The van der Waals surface area contributed by atoms with Gasteiger partial charge < -0.3 is 14.0 Å². The Hall–Kier alpha value is -3.79. The fourth-order valence-electron chi connectivity index (χ4n) is 4.02. The minimum Gasteiger partial charge on any atom is -0.493 e. The molecule has 0 radical (unpaired) electrons. The molecule has 0 aliphatic carbocycles. The van der Waals surface area contributed by atoms with Crippen molar-refractivity contribution in [1.29, 1.82) is 0 Å². The van der Waals surface area contributed by atoms with Gasteiger partial charge >= 0.3 is 0 Å². The summed E-state index contributed by atoms with van der Waals surface area (Å²) in [6.45, 7) is 0.752. The second kappa shape index (κ2) is 7.56. The maximum Gasteiger partial charge on any atom is 0.162 e. The third-order valence-corrected chi connectivity index (χ3v) is 5.50. The summed E-state index contributed by atoms with van der Waals surface area (Å²) in [6, 6.07) is 24.9. The van der Waals surface area contributed by atoms with Crippen molar-refractivity contribution in [2.75, 3.05) is 14.2 Å². The number of nitrogens with zero attached hydrogens (tertiary/aromatic N) is 2. The quantitative estimate of drug-likeness (QED) is 0.374. The minimum atomic E-state index is 0.702. The number of fused-ring (bicyclic) bond motifs is 3. The van der Waals surface area contributed by atoms with Crippen molar-refractivity contribution in [3.63, 3.8) is 0 Å². The number of benzene rings is 3. The van der Waals surface area contributed by atoms with Gasteiger partial charge in [0.15, 0.2) is 11.5 Å². The van der Waals surface area contributed by atoms with Crippen LogP contribution in [0.3, 0.4) is 0 Å². The number of hydrogen-bond acceptors (Lipinski definition) is 3. The van der Waals surface area contributed by atoms with E-state index in [1.54, 1.807) is 14.2 Å². The van der Waals surface area contributed by atoms with Gasteiger partial charge in [0.2, 0.25) is 0 Å². The monoisotopic (exact) mass is 394 g/mol. The van der Waals surface area contributed by atoms with Gasteiger partial charge in [0, 0.05) is 41.5 Å². The van der Waals surface area contributed by atoms with E-state index in [0.717, 1.165) is 39.8 Å². The largest absolute Gasteiger partial charge is 0.493 e. The first-order valence-corrected chi connectivity index (χ1v) is 9.91. The highest BCUT2D eigenvalue weighted by Crippen LogP contribution is 2.41. The summed E-state index contributed by atoms with van der Waals surface area (Å²) in [7, 11) is 3.33. The van der Waals surface area contributed by atoms with E-state index in [1.165, 1.54) is 5.56 Å². The molecule has 0 fully saturated rings. The highest BCUT2D eigenvalue weighted by Gasteiger charge is 2.20. The first kappa shape index (κ1) is 18.3. The summed E-state index contributed by atoms with van der Waals surface area (Å²) in [4.78, 5) is 4.79. The van der Waals surface area contributed by atoms with Gasteiger partial charge in [-0.1, -0.05) is 60.7 Å². The number of methoxy groups -OCH3 is 2. The van der Waals surface area contributed by atoms with Gasteiger partial charge in [0.05, 0.1) is 25.4 Å². The number of rotatable bonds is 5. The highest BCUT2D eigenvalue weighted by atomic mass is 16.5. The van der Waals surface area contributed by atoms with Crippen LogP contribution < -0.4 is 9.47 Å². The third kappa shape index (κ3) is 3.07. The molecule has 0 aromatic heterocycles. The van der Waals surface area contributed by atoms with E-state index in [-0.39, 0.29) is 0 Å². The number of hydrogen-bond donors (Lipinski definition) is 0. The average molecular weight is 394 g/mol. The Bertz CT molecular complexity index is 1280. The molecule has 0 N–H and O–H groups in total. The van der Waals surface area contributed by atoms with Gasteiger partial charge in [-0.25, -0.2) is 0 Å². The predicted molar refractivity (Wildman–Crippen MR) is 120 cm³/mol. The summed E-state index contributed by atoms with van der Waals surface area (Å²) in [5, 5.41) is 1.04. The summed E-state index contributed by atoms with van der Waals surface area (Å²) < 4.78 is 13.4. The molecule has 0 amide bonds. The Morgan fingerprint density at radius 1 is 0.800 bits per heavy atom. The fourth-order valence-corrected chi connectivity index (χ4v) is 4.02. The standard InChI is InChI=1S/C26H22N2O2/c1-29-24-13-20-23(14-25(24)30-2)28(16-18-9-5-3-6-10-18)17-22-21(15-27-26(20)22)19-11-7-4-8-12-19/h3-15,17H,16H2,1-2H3. The van der Waals surface area contributed by atoms with Crippen LogP contribution in [-0.4, -0.2) is 23.8 Å². The molecule has 3 aromatic carbocycles. The molecule has 4 nitrogen and oxygen atoms in total. The van der Waals surface area contributed by atoms with Crippen LogP contribution in [0.25, 0.3) is 33.3 Å². The molecule has 3 aromatic rings. The van der Waals surface area contributed by atoms with Crippen molar-refractivity contribution in [3.8, 4) is 33.9 Å². The molecule has 0 saturated carbocycles. The van der Waals surface area contributed by atoms with E-state index in [0.29, 0.717) is 11.5 Å². The molecule has 0 spiro atoms. The van der Waals surface area contributed by atoms with Crippen molar-refractivity contribution < 1.29 is 9.47 Å². The molecule has 4 heteroatoms. The molecule has 2 aliphatic heterocycles. The highest BCUT2D eigenvalue weighted by molar-refractivity contribution is 6.00. The number of pyridine rings is 1. The van der Waals surface area contributed by atoms with Gasteiger partial charge in [-0.15, -0.1) is 0 Å². The van der Waals surface area contributed by atoms with Crippen LogP contribution >= 0.6 is 0 Å². The van der Waals surface area contributed by atoms with Crippen LogP contribution in [0.5, 0.6) is 11.5 Å². The molecule has 30 heavy (non-hydrogen) atoms. The maximum absolute atomic E-state index is 5.58. The Labute approximate surface area is 175 Å². The number of ether oxygens (including phenoxy) is 2. The van der Waals surface area contributed by atoms with E-state index in [1.807, 2.05) is 30.5 Å². The lowest BCUT2D eigenvalue weighted by molar-refractivity contribution is 0.355. The van der Waals surface area contributed by atoms with E-state index in [2.05, 4.69) is 59.3 Å². The van der Waals surface area contributed by atoms with E-state index >= 15 is 0 Å². The second-order valence-electron chi connectivity index (χ2n) is 7.27. The Balaban J connectivity index is 1.79. The zero-order chi connectivity index (χ0) is 20.5. The molecule has 0 saturated heterocycles. The Morgan fingerprint density at radius 3 is 2.17 bits per heavy atom. The van der Waals surface area contributed by atoms with Gasteiger partial charge in [0.1, 0.15) is 0 Å². The zero-order valence-electron chi connectivity index (χ0n) is 17.0. The molecule has 0 unspecified atom stereocenters. The van der Waals surface area contributed by atoms with Crippen molar-refractivity contribution in [2.45, 2.75) is 6.54 Å². The zero-order valence-corrected chi connectivity index (χ0v) is 17.0. The van der Waals surface area contributed by atoms with Crippen LogP contribution in [0.1, 0.15) is 5.56 Å². The molecule has 2 aliphatic rings. The SMILES string of the molecule is COc1cc2c3ncc(-c4ccccc4)c-3cn(Cc3ccccc3)c2cc1OC. The molecular formula is C26H22N2O2. The summed E-state index contributed by atoms with van der Waals surface area (Å²) in [5.41, 5.74) is 6.67. The Morgan fingerprint density at radius 2 is 1.47 bits per heavy atom. The van der Waals surface area contributed by atoms with Gasteiger partial charge in [-0.2, -0.15) is 0 Å². The van der Waals surface area contributed by atoms with Crippen molar-refractivity contribution in [2.24, 2.45) is 0 Å². The Kier molecular flexibility index (Phi) is 4.60. The smallest absolute Gasteiger partial charge is 0.162 e. The van der Waals surface area contributed by atoms with Crippen molar-refractivity contribution in [1.82, 2.24) is 9.55 Å². The van der Waals surface area contributed by atoms with Gasteiger partial charge in [-0.3, -0.25) is 4.98 Å². The normalized spacial score (nSPS) is 11.1. The molecule has 2 heterocycles.